The van der Waals surface area contributed by atoms with Crippen LogP contribution in [-0.4, -0.2) is 48.4 Å². The summed E-state index contributed by atoms with van der Waals surface area (Å²) in [4.78, 5) is 21.3. The molecule has 200 valence electrons. The number of allylic oxidation sites excluding steroid dienone is 4. The highest BCUT2D eigenvalue weighted by Crippen LogP contribution is 2.42. The largest absolute Gasteiger partial charge is 0.472 e. The first-order chi connectivity index (χ1) is 16.4. The summed E-state index contributed by atoms with van der Waals surface area (Å²) in [6, 6.07) is 0. The van der Waals surface area contributed by atoms with Crippen LogP contribution in [0.1, 0.15) is 96.8 Å². The lowest BCUT2D eigenvalue weighted by Crippen LogP contribution is -2.27. The zero-order valence-electron chi connectivity index (χ0n) is 21.1. The second-order valence-corrected chi connectivity index (χ2v) is 9.82. The minimum absolute atomic E-state index is 0.0705. The van der Waals surface area contributed by atoms with Gasteiger partial charge in [-0.3, -0.25) is 13.8 Å². The molecule has 0 saturated carbocycles. The van der Waals surface area contributed by atoms with Gasteiger partial charge in [0, 0.05) is 13.0 Å². The number of hydrogen-bond acceptors (Lipinski definition) is 7. The number of phosphoric ester groups is 1. The van der Waals surface area contributed by atoms with Gasteiger partial charge in [-0.1, -0.05) is 76.2 Å². The van der Waals surface area contributed by atoms with Crippen LogP contribution in [0.25, 0.3) is 0 Å². The van der Waals surface area contributed by atoms with Gasteiger partial charge in [-0.15, -0.1) is 0 Å². The Morgan fingerprint density at radius 1 is 0.912 bits per heavy atom. The maximum atomic E-state index is 11.9. The second kappa shape index (κ2) is 23.7. The molecule has 34 heavy (non-hydrogen) atoms. The normalized spacial score (nSPS) is 14.6. The van der Waals surface area contributed by atoms with E-state index in [1.165, 1.54) is 44.9 Å². The van der Waals surface area contributed by atoms with Crippen molar-refractivity contribution in [3.63, 3.8) is 0 Å². The molecule has 0 radical (unpaired) electrons. The fraction of sp³-hybridized carbons (Fsp3) is 0.800. The number of carbonyl (C=O) groups excluding carboxylic acids is 1. The Morgan fingerprint density at radius 2 is 1.50 bits per heavy atom. The number of rotatable bonds is 24. The van der Waals surface area contributed by atoms with Gasteiger partial charge in [0.15, 0.2) is 0 Å². The van der Waals surface area contributed by atoms with Gasteiger partial charge in [0.05, 0.1) is 19.8 Å². The lowest BCUT2D eigenvalue weighted by atomic mass is 10.1. The number of ether oxygens (including phenoxy) is 1. The molecule has 0 heterocycles. The van der Waals surface area contributed by atoms with Crippen LogP contribution in [0.4, 0.5) is 0 Å². The Morgan fingerprint density at radius 3 is 2.09 bits per heavy atom. The molecule has 0 amide bonds. The van der Waals surface area contributed by atoms with E-state index in [0.717, 1.165) is 32.1 Å². The van der Waals surface area contributed by atoms with Crippen molar-refractivity contribution in [2.45, 2.75) is 103 Å². The fourth-order valence-electron chi connectivity index (χ4n) is 3.19. The second-order valence-electron chi connectivity index (χ2n) is 8.37. The van der Waals surface area contributed by atoms with E-state index in [2.05, 4.69) is 35.8 Å². The van der Waals surface area contributed by atoms with Crippen LogP contribution in [0.5, 0.6) is 0 Å². The molecule has 0 aromatic heterocycles. The number of hydrogen-bond donors (Lipinski definition) is 3. The molecule has 8 nitrogen and oxygen atoms in total. The monoisotopic (exact) mass is 505 g/mol. The fourth-order valence-corrected chi connectivity index (χ4v) is 3.95. The van der Waals surface area contributed by atoms with Crippen molar-refractivity contribution in [2.75, 3.05) is 26.4 Å². The lowest BCUT2D eigenvalue weighted by molar-refractivity contribution is -0.153. The molecular weight excluding hydrogens is 457 g/mol. The summed E-state index contributed by atoms with van der Waals surface area (Å²) in [5, 5.41) is 9.27. The highest BCUT2D eigenvalue weighted by Gasteiger charge is 2.24. The first-order valence-electron chi connectivity index (χ1n) is 12.9. The Bertz CT molecular complexity index is 584. The molecule has 0 saturated heterocycles. The molecule has 2 atom stereocenters. The molecular formula is C25H48NO7P. The van der Waals surface area contributed by atoms with Gasteiger partial charge in [0.25, 0.3) is 0 Å². The first kappa shape index (κ1) is 33.0. The predicted octanol–water partition coefficient (Wildman–Crippen LogP) is 5.58. The van der Waals surface area contributed by atoms with Crippen molar-refractivity contribution in [1.29, 1.82) is 0 Å². The molecule has 0 spiro atoms. The third kappa shape index (κ3) is 22.8. The minimum atomic E-state index is -4.26. The zero-order valence-corrected chi connectivity index (χ0v) is 22.0. The van der Waals surface area contributed by atoms with Gasteiger partial charge in [-0.2, -0.15) is 0 Å². The van der Waals surface area contributed by atoms with Crippen molar-refractivity contribution in [2.24, 2.45) is 5.73 Å². The molecule has 0 aliphatic heterocycles. The smallest absolute Gasteiger partial charge is 0.457 e. The van der Waals surface area contributed by atoms with E-state index in [1.54, 1.807) is 0 Å². The molecule has 2 unspecified atom stereocenters. The number of carbonyl (C=O) groups is 1. The Balaban J connectivity index is 3.62. The number of esters is 1. The van der Waals surface area contributed by atoms with Crippen LogP contribution in [0.2, 0.25) is 0 Å². The summed E-state index contributed by atoms with van der Waals surface area (Å²) in [6.07, 6.45) is 23.1. The Kier molecular flexibility index (Phi) is 23.0. The van der Waals surface area contributed by atoms with Gasteiger partial charge < -0.3 is 20.5 Å². The maximum Gasteiger partial charge on any atom is 0.472 e. The molecule has 0 aromatic rings. The predicted molar refractivity (Wildman–Crippen MR) is 136 cm³/mol. The molecule has 9 heteroatoms. The lowest BCUT2D eigenvalue weighted by Gasteiger charge is -2.17. The van der Waals surface area contributed by atoms with Crippen LogP contribution in [0.3, 0.4) is 0 Å². The van der Waals surface area contributed by atoms with E-state index < -0.39 is 33.1 Å². The van der Waals surface area contributed by atoms with E-state index in [9.17, 15) is 19.4 Å². The van der Waals surface area contributed by atoms with E-state index in [4.69, 9.17) is 15.0 Å². The summed E-state index contributed by atoms with van der Waals surface area (Å²) >= 11 is 0. The highest BCUT2D eigenvalue weighted by molar-refractivity contribution is 7.47. The van der Waals surface area contributed by atoms with E-state index in [-0.39, 0.29) is 19.6 Å². The summed E-state index contributed by atoms with van der Waals surface area (Å²) in [7, 11) is -4.26. The number of unbranched alkanes of at least 4 members (excludes halogenated alkanes) is 10. The van der Waals surface area contributed by atoms with Crippen LogP contribution in [0.15, 0.2) is 24.3 Å². The van der Waals surface area contributed by atoms with Gasteiger partial charge in [0.2, 0.25) is 0 Å². The number of aliphatic hydroxyl groups is 1. The van der Waals surface area contributed by atoms with E-state index in [0.29, 0.717) is 6.42 Å². The molecule has 0 fully saturated rings. The van der Waals surface area contributed by atoms with Crippen molar-refractivity contribution in [3.8, 4) is 0 Å². The number of aliphatic hydroxyl groups excluding tert-OH is 1. The van der Waals surface area contributed by atoms with E-state index in [1.807, 2.05) is 0 Å². The Labute approximate surface area is 206 Å². The molecule has 0 aromatic carbocycles. The van der Waals surface area contributed by atoms with E-state index >= 15 is 0 Å². The summed E-state index contributed by atoms with van der Waals surface area (Å²) in [5.74, 6) is -0.458. The van der Waals surface area contributed by atoms with Crippen molar-refractivity contribution < 1.29 is 33.1 Å². The van der Waals surface area contributed by atoms with Crippen LogP contribution >= 0.6 is 7.82 Å². The SMILES string of the molecule is CCCCCC=CCC=CCCCCCCCCCC(=O)OC(CO)COP(=O)(O)OCCN. The third-order valence-corrected chi connectivity index (χ3v) is 6.11. The van der Waals surface area contributed by atoms with Crippen molar-refractivity contribution >= 4 is 13.8 Å². The maximum absolute atomic E-state index is 11.9. The standard InChI is InChI=1S/C25H48NO7P/c1-2-3-4-5-6-7-8-9-10-11-12-13-14-15-16-17-18-19-25(28)33-24(22-27)23-32-34(29,30)31-21-20-26/h6-7,9-10,24,27H,2-5,8,11-23,26H2,1H3,(H,29,30). The topological polar surface area (TPSA) is 128 Å². The highest BCUT2D eigenvalue weighted by atomic mass is 31.2. The minimum Gasteiger partial charge on any atom is -0.457 e. The molecule has 4 N–H and O–H groups in total. The summed E-state index contributed by atoms with van der Waals surface area (Å²) in [6.45, 7) is 1.23. The molecule has 0 rings (SSSR count). The van der Waals surface area contributed by atoms with Gasteiger partial charge >= 0.3 is 13.8 Å². The average Bonchev–Trinajstić information content (AvgIpc) is 2.82. The summed E-state index contributed by atoms with van der Waals surface area (Å²) in [5.41, 5.74) is 5.19. The van der Waals surface area contributed by atoms with Crippen molar-refractivity contribution in [3.05, 3.63) is 24.3 Å². The third-order valence-electron chi connectivity index (χ3n) is 5.13. The quantitative estimate of drug-likeness (QED) is 0.0671. The van der Waals surface area contributed by atoms with Crippen molar-refractivity contribution in [1.82, 2.24) is 0 Å². The van der Waals surface area contributed by atoms with Crippen LogP contribution < -0.4 is 5.73 Å². The average molecular weight is 506 g/mol. The van der Waals surface area contributed by atoms with Gasteiger partial charge in [0.1, 0.15) is 6.10 Å². The van der Waals surface area contributed by atoms with Gasteiger partial charge in [-0.05, 0) is 38.5 Å². The molecule has 0 aliphatic carbocycles. The summed E-state index contributed by atoms with van der Waals surface area (Å²) < 4.78 is 25.9. The van der Waals surface area contributed by atoms with Crippen LogP contribution in [-0.2, 0) is 23.1 Å². The molecule has 0 bridgehead atoms. The number of phosphoric acid groups is 1. The van der Waals surface area contributed by atoms with Gasteiger partial charge in [-0.25, -0.2) is 4.57 Å². The zero-order chi connectivity index (χ0) is 25.3. The molecule has 0 aliphatic rings. The Hall–Kier alpha value is -1.02. The number of nitrogens with two attached hydrogens (primary N) is 1. The van der Waals surface area contributed by atoms with Crippen LogP contribution in [0, 0.1) is 0 Å². The first-order valence-corrected chi connectivity index (χ1v) is 14.4.